The SMILES string of the molecule is C#CC(C)Nc1c(F)cc(Br)cc1F. The molecular formula is C10H8BrF2N. The summed E-state index contributed by atoms with van der Waals surface area (Å²) in [4.78, 5) is 0. The molecular weight excluding hydrogens is 252 g/mol. The number of rotatable bonds is 2. The highest BCUT2D eigenvalue weighted by Crippen LogP contribution is 2.24. The van der Waals surface area contributed by atoms with Gasteiger partial charge in [-0.25, -0.2) is 8.78 Å². The Morgan fingerprint density at radius 1 is 1.43 bits per heavy atom. The van der Waals surface area contributed by atoms with E-state index in [0.717, 1.165) is 0 Å². The minimum Gasteiger partial charge on any atom is -0.367 e. The van der Waals surface area contributed by atoms with Crippen LogP contribution in [0, 0.1) is 24.0 Å². The zero-order chi connectivity index (χ0) is 10.7. The normalized spacial score (nSPS) is 11.9. The van der Waals surface area contributed by atoms with Crippen molar-refractivity contribution < 1.29 is 8.78 Å². The van der Waals surface area contributed by atoms with E-state index in [4.69, 9.17) is 6.42 Å². The average Bonchev–Trinajstić information content (AvgIpc) is 2.10. The van der Waals surface area contributed by atoms with Gasteiger partial charge in [0.1, 0.15) is 17.3 Å². The summed E-state index contributed by atoms with van der Waals surface area (Å²) in [6, 6.07) is 1.93. The average molecular weight is 260 g/mol. The summed E-state index contributed by atoms with van der Waals surface area (Å²) in [6.45, 7) is 1.64. The highest BCUT2D eigenvalue weighted by molar-refractivity contribution is 9.10. The summed E-state index contributed by atoms with van der Waals surface area (Å²) in [5, 5.41) is 2.55. The van der Waals surface area contributed by atoms with Crippen LogP contribution in [-0.2, 0) is 0 Å². The third kappa shape index (κ3) is 2.46. The van der Waals surface area contributed by atoms with Crippen molar-refractivity contribution in [1.29, 1.82) is 0 Å². The number of anilines is 1. The molecule has 0 fully saturated rings. The van der Waals surface area contributed by atoms with Crippen LogP contribution in [0.5, 0.6) is 0 Å². The van der Waals surface area contributed by atoms with E-state index in [2.05, 4.69) is 27.2 Å². The van der Waals surface area contributed by atoms with Crippen LogP contribution < -0.4 is 5.32 Å². The number of terminal acetylenes is 1. The summed E-state index contributed by atoms with van der Waals surface area (Å²) in [7, 11) is 0. The van der Waals surface area contributed by atoms with Crippen molar-refractivity contribution in [1.82, 2.24) is 0 Å². The molecule has 0 aliphatic rings. The summed E-state index contributed by atoms with van der Waals surface area (Å²) in [5.41, 5.74) is -0.196. The van der Waals surface area contributed by atoms with Crippen LogP contribution in [0.3, 0.4) is 0 Å². The van der Waals surface area contributed by atoms with Gasteiger partial charge in [0, 0.05) is 4.47 Å². The van der Waals surface area contributed by atoms with Gasteiger partial charge in [0.25, 0.3) is 0 Å². The summed E-state index contributed by atoms with van der Waals surface area (Å²) < 4.78 is 26.8. The van der Waals surface area contributed by atoms with Crippen molar-refractivity contribution in [3.05, 3.63) is 28.2 Å². The number of benzene rings is 1. The van der Waals surface area contributed by atoms with Gasteiger partial charge >= 0.3 is 0 Å². The second-order valence-electron chi connectivity index (χ2n) is 2.78. The molecule has 0 saturated carbocycles. The van der Waals surface area contributed by atoms with Crippen LogP contribution in [0.4, 0.5) is 14.5 Å². The first-order valence-electron chi connectivity index (χ1n) is 3.92. The Labute approximate surface area is 89.6 Å². The number of halogens is 3. The molecule has 0 spiro atoms. The molecule has 1 aromatic rings. The molecule has 0 bridgehead atoms. The lowest BCUT2D eigenvalue weighted by atomic mass is 10.2. The van der Waals surface area contributed by atoms with Gasteiger partial charge in [-0.05, 0) is 19.1 Å². The Morgan fingerprint density at radius 2 is 1.93 bits per heavy atom. The standard InChI is InChI=1S/C10H8BrF2N/c1-3-6(2)14-10-8(12)4-7(11)5-9(10)13/h1,4-6,14H,2H3. The molecule has 0 heterocycles. The molecule has 0 aliphatic heterocycles. The molecule has 1 atom stereocenters. The zero-order valence-corrected chi connectivity index (χ0v) is 9.03. The van der Waals surface area contributed by atoms with E-state index in [1.807, 2.05) is 0 Å². The van der Waals surface area contributed by atoms with E-state index < -0.39 is 17.7 Å². The van der Waals surface area contributed by atoms with E-state index >= 15 is 0 Å². The number of hydrogen-bond acceptors (Lipinski definition) is 1. The smallest absolute Gasteiger partial charge is 0.150 e. The van der Waals surface area contributed by atoms with Gasteiger partial charge in [-0.15, -0.1) is 6.42 Å². The predicted octanol–water partition coefficient (Wildman–Crippen LogP) is 3.16. The Balaban J connectivity index is 3.04. The summed E-state index contributed by atoms with van der Waals surface area (Å²) in [6.07, 6.45) is 5.08. The van der Waals surface area contributed by atoms with Crippen LogP contribution in [0.25, 0.3) is 0 Å². The van der Waals surface area contributed by atoms with Crippen molar-refractivity contribution in [2.75, 3.05) is 5.32 Å². The maximum absolute atomic E-state index is 13.2. The number of nitrogens with one attached hydrogen (secondary N) is 1. The Kier molecular flexibility index (Phi) is 3.48. The van der Waals surface area contributed by atoms with Gasteiger partial charge in [0.05, 0.1) is 6.04 Å². The third-order valence-corrected chi connectivity index (χ3v) is 2.08. The highest BCUT2D eigenvalue weighted by atomic mass is 79.9. The van der Waals surface area contributed by atoms with Gasteiger partial charge in [0.2, 0.25) is 0 Å². The Morgan fingerprint density at radius 3 is 2.36 bits per heavy atom. The zero-order valence-electron chi connectivity index (χ0n) is 7.44. The third-order valence-electron chi connectivity index (χ3n) is 1.62. The van der Waals surface area contributed by atoms with E-state index in [0.29, 0.717) is 4.47 Å². The minimum absolute atomic E-state index is 0.196. The van der Waals surface area contributed by atoms with Crippen molar-refractivity contribution in [2.24, 2.45) is 0 Å². The van der Waals surface area contributed by atoms with Crippen molar-refractivity contribution in [2.45, 2.75) is 13.0 Å². The van der Waals surface area contributed by atoms with E-state index in [1.165, 1.54) is 12.1 Å². The maximum atomic E-state index is 13.2. The monoisotopic (exact) mass is 259 g/mol. The molecule has 0 saturated heterocycles. The Bertz CT molecular complexity index is 361. The molecule has 0 aromatic heterocycles. The second-order valence-corrected chi connectivity index (χ2v) is 3.69. The van der Waals surface area contributed by atoms with Gasteiger partial charge in [0.15, 0.2) is 0 Å². The van der Waals surface area contributed by atoms with Crippen LogP contribution in [-0.4, -0.2) is 6.04 Å². The lowest BCUT2D eigenvalue weighted by Crippen LogP contribution is -2.14. The van der Waals surface area contributed by atoms with E-state index in [-0.39, 0.29) is 5.69 Å². The fourth-order valence-electron chi connectivity index (χ4n) is 0.938. The summed E-state index contributed by atoms with van der Waals surface area (Å²) >= 11 is 2.98. The van der Waals surface area contributed by atoms with Crippen LogP contribution in [0.1, 0.15) is 6.92 Å². The van der Waals surface area contributed by atoms with Gasteiger partial charge in [-0.1, -0.05) is 21.9 Å². The molecule has 0 amide bonds. The summed E-state index contributed by atoms with van der Waals surface area (Å²) in [5.74, 6) is 0.991. The van der Waals surface area contributed by atoms with Crippen molar-refractivity contribution in [3.8, 4) is 12.3 Å². The fourth-order valence-corrected chi connectivity index (χ4v) is 1.34. The molecule has 74 valence electrons. The quantitative estimate of drug-likeness (QED) is 0.805. The molecule has 1 aromatic carbocycles. The van der Waals surface area contributed by atoms with Crippen LogP contribution >= 0.6 is 15.9 Å². The van der Waals surface area contributed by atoms with Gasteiger partial charge < -0.3 is 5.32 Å². The maximum Gasteiger partial charge on any atom is 0.150 e. The van der Waals surface area contributed by atoms with Crippen molar-refractivity contribution in [3.63, 3.8) is 0 Å². The van der Waals surface area contributed by atoms with E-state index in [9.17, 15) is 8.78 Å². The lowest BCUT2D eigenvalue weighted by Gasteiger charge is -2.11. The predicted molar refractivity (Wildman–Crippen MR) is 56.0 cm³/mol. The van der Waals surface area contributed by atoms with Crippen LogP contribution in [0.2, 0.25) is 0 Å². The van der Waals surface area contributed by atoms with E-state index in [1.54, 1.807) is 6.92 Å². The molecule has 1 N–H and O–H groups in total. The minimum atomic E-state index is -0.668. The lowest BCUT2D eigenvalue weighted by molar-refractivity contribution is 0.585. The molecule has 1 nitrogen and oxygen atoms in total. The largest absolute Gasteiger partial charge is 0.367 e. The molecule has 0 radical (unpaired) electrons. The highest BCUT2D eigenvalue weighted by Gasteiger charge is 2.11. The van der Waals surface area contributed by atoms with Crippen LogP contribution in [0.15, 0.2) is 16.6 Å². The number of hydrogen-bond donors (Lipinski definition) is 1. The molecule has 0 aliphatic carbocycles. The first kappa shape index (κ1) is 11.0. The van der Waals surface area contributed by atoms with Crippen molar-refractivity contribution >= 4 is 21.6 Å². The fraction of sp³-hybridized carbons (Fsp3) is 0.200. The molecule has 1 rings (SSSR count). The molecule has 14 heavy (non-hydrogen) atoms. The van der Waals surface area contributed by atoms with Gasteiger partial charge in [-0.3, -0.25) is 0 Å². The molecule has 1 unspecified atom stereocenters. The van der Waals surface area contributed by atoms with Gasteiger partial charge in [-0.2, -0.15) is 0 Å². The second kappa shape index (κ2) is 4.43. The Hall–Kier alpha value is -1.08. The first-order valence-corrected chi connectivity index (χ1v) is 4.71. The topological polar surface area (TPSA) is 12.0 Å². The molecule has 4 heteroatoms. The first-order chi connectivity index (χ1) is 6.54.